The van der Waals surface area contributed by atoms with E-state index in [2.05, 4.69) is 15.5 Å². The van der Waals surface area contributed by atoms with E-state index >= 15 is 0 Å². The lowest BCUT2D eigenvalue weighted by Crippen LogP contribution is -2.30. The zero-order valence-electron chi connectivity index (χ0n) is 15.1. The molecule has 0 saturated heterocycles. The molecule has 1 aliphatic carbocycles. The first kappa shape index (κ1) is 19.0. The average Bonchev–Trinajstić information content (AvgIpc) is 3.37. The fourth-order valence-electron chi connectivity index (χ4n) is 2.73. The van der Waals surface area contributed by atoms with E-state index < -0.39 is 5.25 Å². The van der Waals surface area contributed by atoms with Crippen molar-refractivity contribution < 1.29 is 9.18 Å². The maximum atomic E-state index is 13.4. The summed E-state index contributed by atoms with van der Waals surface area (Å²) in [6.07, 6.45) is 3.57. The van der Waals surface area contributed by atoms with E-state index in [0.717, 1.165) is 24.1 Å². The first-order valence-electron chi connectivity index (χ1n) is 8.90. The Morgan fingerprint density at radius 2 is 2.04 bits per heavy atom. The molecule has 1 atom stereocenters. The number of halogens is 2. The van der Waals surface area contributed by atoms with Crippen LogP contribution in [-0.4, -0.2) is 26.7 Å². The highest BCUT2D eigenvalue weighted by Gasteiger charge is 2.30. The van der Waals surface area contributed by atoms with Gasteiger partial charge in [-0.1, -0.05) is 41.6 Å². The Balaban J connectivity index is 1.65. The van der Waals surface area contributed by atoms with Gasteiger partial charge in [0.15, 0.2) is 5.16 Å². The molecule has 28 heavy (non-hydrogen) atoms. The van der Waals surface area contributed by atoms with Crippen molar-refractivity contribution in [3.63, 3.8) is 0 Å². The Morgan fingerprint density at radius 3 is 2.71 bits per heavy atom. The maximum Gasteiger partial charge on any atom is 0.238 e. The third kappa shape index (κ3) is 4.20. The molecule has 0 bridgehead atoms. The van der Waals surface area contributed by atoms with Crippen molar-refractivity contribution in [2.45, 2.75) is 36.2 Å². The molecule has 1 saturated carbocycles. The molecule has 0 aliphatic heterocycles. The normalized spacial score (nSPS) is 14.7. The Bertz CT molecular complexity index is 1000. The molecule has 1 unspecified atom stereocenters. The van der Waals surface area contributed by atoms with Crippen LogP contribution in [0.15, 0.2) is 53.9 Å². The van der Waals surface area contributed by atoms with Gasteiger partial charge in [0.2, 0.25) is 5.91 Å². The number of rotatable bonds is 6. The minimum absolute atomic E-state index is 0.115. The van der Waals surface area contributed by atoms with Gasteiger partial charge >= 0.3 is 0 Å². The number of hydrogen-bond donors (Lipinski definition) is 1. The number of benzene rings is 2. The van der Waals surface area contributed by atoms with Crippen molar-refractivity contribution >= 4 is 29.3 Å². The van der Waals surface area contributed by atoms with E-state index in [4.69, 9.17) is 11.6 Å². The third-order valence-electron chi connectivity index (χ3n) is 4.51. The van der Waals surface area contributed by atoms with E-state index in [9.17, 15) is 9.18 Å². The first-order chi connectivity index (χ1) is 13.5. The van der Waals surface area contributed by atoms with E-state index in [-0.39, 0.29) is 17.8 Å². The van der Waals surface area contributed by atoms with Crippen LogP contribution in [0.25, 0.3) is 5.69 Å². The number of carbonyl (C=O) groups excluding carboxylic acids is 1. The smallest absolute Gasteiger partial charge is 0.238 e. The van der Waals surface area contributed by atoms with Crippen molar-refractivity contribution in [2.24, 2.45) is 0 Å². The summed E-state index contributed by atoms with van der Waals surface area (Å²) in [7, 11) is 0. The second-order valence-corrected chi connectivity index (χ2v) is 8.23. The van der Waals surface area contributed by atoms with Gasteiger partial charge in [0.25, 0.3) is 0 Å². The van der Waals surface area contributed by atoms with Gasteiger partial charge in [0.1, 0.15) is 17.4 Å². The molecule has 1 heterocycles. The number of aromatic nitrogens is 3. The van der Waals surface area contributed by atoms with Crippen molar-refractivity contribution in [3.8, 4) is 5.69 Å². The van der Waals surface area contributed by atoms with Crippen LogP contribution in [0.5, 0.6) is 0 Å². The minimum atomic E-state index is -0.565. The maximum absolute atomic E-state index is 13.4. The van der Waals surface area contributed by atoms with Crippen LogP contribution in [0.3, 0.4) is 0 Å². The summed E-state index contributed by atoms with van der Waals surface area (Å²) in [5.74, 6) is -0.455. The molecule has 144 valence electrons. The van der Waals surface area contributed by atoms with Crippen molar-refractivity contribution in [2.75, 3.05) is 0 Å². The van der Waals surface area contributed by atoms with Crippen molar-refractivity contribution in [1.82, 2.24) is 20.1 Å². The van der Waals surface area contributed by atoms with E-state index in [1.54, 1.807) is 23.0 Å². The largest absolute Gasteiger partial charge is 0.352 e. The number of nitrogens with one attached hydrogen (secondary N) is 1. The molecular weight excluding hydrogens is 399 g/mol. The summed E-state index contributed by atoms with van der Waals surface area (Å²) >= 11 is 7.53. The van der Waals surface area contributed by atoms with Gasteiger partial charge in [-0.05, 0) is 55.2 Å². The van der Waals surface area contributed by atoms with Crippen LogP contribution in [0.1, 0.15) is 29.2 Å². The predicted octanol–water partition coefficient (Wildman–Crippen LogP) is 4.48. The summed E-state index contributed by atoms with van der Waals surface area (Å²) in [6, 6.07) is 11.9. The number of aryl methyl sites for hydroxylation is 1. The molecule has 1 aliphatic rings. The molecule has 4 rings (SSSR count). The number of hydrogen-bond acceptors (Lipinski definition) is 4. The summed E-state index contributed by atoms with van der Waals surface area (Å²) in [6.45, 7) is 1.93. The molecule has 1 aromatic heterocycles. The van der Waals surface area contributed by atoms with Crippen LogP contribution in [0.2, 0.25) is 5.02 Å². The molecule has 1 fully saturated rings. The quantitative estimate of drug-likeness (QED) is 0.602. The van der Waals surface area contributed by atoms with Crippen LogP contribution in [-0.2, 0) is 4.79 Å². The van der Waals surface area contributed by atoms with Crippen molar-refractivity contribution in [1.29, 1.82) is 0 Å². The Hall–Kier alpha value is -2.38. The van der Waals surface area contributed by atoms with Crippen LogP contribution in [0, 0.1) is 12.7 Å². The molecule has 1 N–H and O–H groups in total. The standard InChI is InChI=1S/C20H18ClFN4OS/c1-12-2-9-16(10-17(12)21)26-11-23-25-20(26)28-18(19(27)24-15-7-8-15)13-3-5-14(22)6-4-13/h2-6,9-11,15,18H,7-8H2,1H3,(H,24,27). The lowest BCUT2D eigenvalue weighted by molar-refractivity contribution is -0.120. The molecule has 3 aromatic rings. The lowest BCUT2D eigenvalue weighted by Gasteiger charge is -2.17. The molecule has 0 radical (unpaired) electrons. The molecule has 1 amide bonds. The topological polar surface area (TPSA) is 59.8 Å². The third-order valence-corrected chi connectivity index (χ3v) is 6.13. The molecule has 2 aromatic carbocycles. The van der Waals surface area contributed by atoms with Crippen molar-refractivity contribution in [3.05, 3.63) is 70.8 Å². The molecule has 5 nitrogen and oxygen atoms in total. The second kappa shape index (κ2) is 7.93. The average molecular weight is 417 g/mol. The van der Waals surface area contributed by atoms with Crippen LogP contribution < -0.4 is 5.32 Å². The van der Waals surface area contributed by atoms with Gasteiger partial charge in [-0.25, -0.2) is 4.39 Å². The molecule has 8 heteroatoms. The summed E-state index contributed by atoms with van der Waals surface area (Å²) in [5, 5.41) is 11.8. The number of carbonyl (C=O) groups is 1. The summed E-state index contributed by atoms with van der Waals surface area (Å²) in [4.78, 5) is 12.8. The van der Waals surface area contributed by atoms with Gasteiger partial charge in [-0.15, -0.1) is 10.2 Å². The zero-order valence-corrected chi connectivity index (χ0v) is 16.7. The summed E-state index contributed by atoms with van der Waals surface area (Å²) in [5.41, 5.74) is 2.49. The van der Waals surface area contributed by atoms with Gasteiger partial charge in [0, 0.05) is 11.1 Å². The Labute approximate surface area is 171 Å². The number of thioether (sulfide) groups is 1. The van der Waals surface area contributed by atoms with E-state index in [1.807, 2.05) is 25.1 Å². The summed E-state index contributed by atoms with van der Waals surface area (Å²) < 4.78 is 15.1. The van der Waals surface area contributed by atoms with Gasteiger partial charge in [0.05, 0.1) is 5.69 Å². The number of amides is 1. The minimum Gasteiger partial charge on any atom is -0.352 e. The highest BCUT2D eigenvalue weighted by atomic mass is 35.5. The van der Waals surface area contributed by atoms with E-state index in [1.165, 1.54) is 23.9 Å². The SMILES string of the molecule is Cc1ccc(-n2cnnc2SC(C(=O)NC2CC2)c2ccc(F)cc2)cc1Cl. The molecule has 0 spiro atoms. The fourth-order valence-corrected chi connectivity index (χ4v) is 3.95. The van der Waals surface area contributed by atoms with Gasteiger partial charge in [-0.3, -0.25) is 9.36 Å². The predicted molar refractivity (Wildman–Crippen MR) is 107 cm³/mol. The van der Waals surface area contributed by atoms with Gasteiger partial charge in [-0.2, -0.15) is 0 Å². The monoisotopic (exact) mass is 416 g/mol. The first-order valence-corrected chi connectivity index (χ1v) is 10.2. The van der Waals surface area contributed by atoms with Gasteiger partial charge < -0.3 is 5.32 Å². The van der Waals surface area contributed by atoms with Crippen LogP contribution >= 0.6 is 23.4 Å². The highest BCUT2D eigenvalue weighted by Crippen LogP contribution is 2.36. The number of nitrogens with zero attached hydrogens (tertiary/aromatic N) is 3. The van der Waals surface area contributed by atoms with Crippen LogP contribution in [0.4, 0.5) is 4.39 Å². The molecular formula is C20H18ClFN4OS. The lowest BCUT2D eigenvalue weighted by atomic mass is 10.1. The highest BCUT2D eigenvalue weighted by molar-refractivity contribution is 8.00. The Kier molecular flexibility index (Phi) is 5.37. The second-order valence-electron chi connectivity index (χ2n) is 6.75. The zero-order chi connectivity index (χ0) is 19.7. The fraction of sp³-hybridized carbons (Fsp3) is 0.250. The van der Waals surface area contributed by atoms with E-state index in [0.29, 0.717) is 15.7 Å². The Morgan fingerprint density at radius 1 is 1.29 bits per heavy atom.